The molecule has 4 nitrogen and oxygen atoms in total. The maximum atomic E-state index is 13.1. The summed E-state index contributed by atoms with van der Waals surface area (Å²) in [4.78, 5) is 24.7. The van der Waals surface area contributed by atoms with E-state index < -0.39 is 41.8 Å². The highest BCUT2D eigenvalue weighted by Gasteiger charge is 2.35. The predicted octanol–water partition coefficient (Wildman–Crippen LogP) is 5.67. The Morgan fingerprint density at radius 3 is 2.34 bits per heavy atom. The van der Waals surface area contributed by atoms with E-state index >= 15 is 0 Å². The van der Waals surface area contributed by atoms with Crippen LogP contribution in [-0.4, -0.2) is 18.5 Å². The van der Waals surface area contributed by atoms with Gasteiger partial charge in [0.1, 0.15) is 0 Å². The molecule has 1 amide bonds. The number of esters is 1. The molecule has 2 aromatic carbocycles. The number of anilines is 1. The second-order valence-corrected chi connectivity index (χ2v) is 7.00. The Hall–Kier alpha value is -2.54. The number of hydrogen-bond donors (Lipinski definition) is 1. The average molecular weight is 428 g/mol. The normalized spacial score (nSPS) is 13.4. The van der Waals surface area contributed by atoms with Crippen LogP contribution in [0.5, 0.6) is 0 Å². The third-order valence-electron chi connectivity index (χ3n) is 4.55. The monoisotopic (exact) mass is 427 g/mol. The van der Waals surface area contributed by atoms with Crippen LogP contribution in [0.3, 0.4) is 0 Å². The van der Waals surface area contributed by atoms with Crippen molar-refractivity contribution in [2.45, 2.75) is 32.4 Å². The second-order valence-electron chi connectivity index (χ2n) is 6.59. The van der Waals surface area contributed by atoms with Gasteiger partial charge in [-0.15, -0.1) is 0 Å². The zero-order chi connectivity index (χ0) is 21.6. The molecule has 0 saturated heterocycles. The number of alkyl halides is 3. The van der Waals surface area contributed by atoms with Gasteiger partial charge in [-0.25, -0.2) is 0 Å². The van der Waals surface area contributed by atoms with E-state index in [2.05, 4.69) is 5.32 Å². The summed E-state index contributed by atoms with van der Waals surface area (Å²) in [6, 6.07) is 12.2. The molecule has 1 N–H and O–H groups in total. The molecule has 0 aliphatic carbocycles. The fourth-order valence-corrected chi connectivity index (χ4v) is 3.10. The van der Waals surface area contributed by atoms with Crippen molar-refractivity contribution < 1.29 is 27.5 Å². The van der Waals surface area contributed by atoms with Crippen LogP contribution in [0.1, 0.15) is 37.3 Å². The number of rotatable bonds is 7. The van der Waals surface area contributed by atoms with E-state index in [1.165, 1.54) is 6.07 Å². The Bertz CT molecular complexity index is 856. The van der Waals surface area contributed by atoms with E-state index in [1.807, 2.05) is 19.9 Å². The fourth-order valence-electron chi connectivity index (χ4n) is 2.88. The predicted molar refractivity (Wildman–Crippen MR) is 105 cm³/mol. The van der Waals surface area contributed by atoms with Crippen LogP contribution in [-0.2, 0) is 20.5 Å². The molecule has 0 fully saturated rings. The number of carbonyl (C=O) groups is 2. The van der Waals surface area contributed by atoms with Crippen molar-refractivity contribution in [3.8, 4) is 0 Å². The number of halogens is 4. The molecule has 2 aromatic rings. The number of hydrogen-bond acceptors (Lipinski definition) is 3. The smallest absolute Gasteiger partial charge is 0.418 e. The van der Waals surface area contributed by atoms with Gasteiger partial charge in [-0.2, -0.15) is 13.2 Å². The van der Waals surface area contributed by atoms with E-state index in [0.29, 0.717) is 6.42 Å². The molecule has 0 radical (unpaired) electrons. The van der Waals surface area contributed by atoms with Crippen molar-refractivity contribution in [2.75, 3.05) is 11.9 Å². The van der Waals surface area contributed by atoms with Crippen LogP contribution in [0.4, 0.5) is 18.9 Å². The molecule has 0 spiro atoms. The summed E-state index contributed by atoms with van der Waals surface area (Å²) in [6.45, 7) is 3.09. The standard InChI is InChI=1S/C21H21ClF3NO3/c1-3-13(2)18(14-8-5-4-6-9-14)20(28)29-12-17(27)26-19-15(21(23,24)25)10-7-11-16(19)22/h4-11,13,18H,3,12H2,1-2H3,(H,26,27). The number of nitrogens with one attached hydrogen (secondary N) is 1. The first kappa shape index (κ1) is 22.7. The van der Waals surface area contributed by atoms with Crippen LogP contribution < -0.4 is 5.32 Å². The van der Waals surface area contributed by atoms with Crippen molar-refractivity contribution in [3.63, 3.8) is 0 Å². The van der Waals surface area contributed by atoms with Crippen LogP contribution in [0.2, 0.25) is 5.02 Å². The Morgan fingerprint density at radius 1 is 1.10 bits per heavy atom. The minimum absolute atomic E-state index is 0.0478. The summed E-state index contributed by atoms with van der Waals surface area (Å²) in [6.07, 6.45) is -3.99. The SMILES string of the molecule is CCC(C)C(C(=O)OCC(=O)Nc1c(Cl)cccc1C(F)(F)F)c1ccccc1. The van der Waals surface area contributed by atoms with Gasteiger partial charge in [0.05, 0.1) is 22.2 Å². The molecule has 0 bridgehead atoms. The second kappa shape index (κ2) is 9.78. The molecule has 156 valence electrons. The van der Waals surface area contributed by atoms with Gasteiger partial charge in [0.15, 0.2) is 6.61 Å². The molecular weight excluding hydrogens is 407 g/mol. The van der Waals surface area contributed by atoms with E-state index in [0.717, 1.165) is 17.7 Å². The summed E-state index contributed by atoms with van der Waals surface area (Å²) >= 11 is 5.81. The first-order valence-electron chi connectivity index (χ1n) is 9.02. The van der Waals surface area contributed by atoms with Crippen molar-refractivity contribution in [3.05, 3.63) is 64.7 Å². The third-order valence-corrected chi connectivity index (χ3v) is 4.87. The van der Waals surface area contributed by atoms with Crippen LogP contribution >= 0.6 is 11.6 Å². The summed E-state index contributed by atoms with van der Waals surface area (Å²) in [5.41, 5.74) is -0.895. The van der Waals surface area contributed by atoms with Gasteiger partial charge in [0.25, 0.3) is 5.91 Å². The Morgan fingerprint density at radius 2 is 1.76 bits per heavy atom. The lowest BCUT2D eigenvalue weighted by Crippen LogP contribution is -2.27. The summed E-state index contributed by atoms with van der Waals surface area (Å²) in [5.74, 6) is -2.16. The lowest BCUT2D eigenvalue weighted by Gasteiger charge is -2.22. The first-order valence-corrected chi connectivity index (χ1v) is 9.40. The first-order chi connectivity index (χ1) is 13.6. The van der Waals surface area contributed by atoms with Gasteiger partial charge >= 0.3 is 12.1 Å². The summed E-state index contributed by atoms with van der Waals surface area (Å²) < 4.78 is 44.5. The topological polar surface area (TPSA) is 55.4 Å². The highest BCUT2D eigenvalue weighted by atomic mass is 35.5. The number of para-hydroxylation sites is 1. The van der Waals surface area contributed by atoms with Crippen molar-refractivity contribution in [1.82, 2.24) is 0 Å². The van der Waals surface area contributed by atoms with E-state index in [1.54, 1.807) is 24.3 Å². The lowest BCUT2D eigenvalue weighted by molar-refractivity contribution is -0.150. The van der Waals surface area contributed by atoms with Gasteiger partial charge < -0.3 is 10.1 Å². The Kier molecular flexibility index (Phi) is 7.67. The molecule has 0 aromatic heterocycles. The molecule has 0 heterocycles. The van der Waals surface area contributed by atoms with Gasteiger partial charge in [-0.3, -0.25) is 9.59 Å². The Labute approximate surface area is 172 Å². The number of ether oxygens (including phenoxy) is 1. The fraction of sp³-hybridized carbons (Fsp3) is 0.333. The molecule has 29 heavy (non-hydrogen) atoms. The van der Waals surface area contributed by atoms with E-state index in [9.17, 15) is 22.8 Å². The molecule has 2 atom stereocenters. The highest BCUT2D eigenvalue weighted by Crippen LogP contribution is 2.38. The number of benzene rings is 2. The molecule has 2 unspecified atom stereocenters. The highest BCUT2D eigenvalue weighted by molar-refractivity contribution is 6.34. The lowest BCUT2D eigenvalue weighted by atomic mass is 9.86. The number of carbonyl (C=O) groups excluding carboxylic acids is 2. The minimum Gasteiger partial charge on any atom is -0.455 e. The molecule has 0 aliphatic rings. The molecule has 0 aliphatic heterocycles. The van der Waals surface area contributed by atoms with Gasteiger partial charge in [0, 0.05) is 0 Å². The van der Waals surface area contributed by atoms with Gasteiger partial charge in [-0.05, 0) is 23.6 Å². The van der Waals surface area contributed by atoms with Gasteiger partial charge in [-0.1, -0.05) is 68.3 Å². The molecule has 2 rings (SSSR count). The van der Waals surface area contributed by atoms with Crippen LogP contribution in [0.25, 0.3) is 0 Å². The van der Waals surface area contributed by atoms with E-state index in [-0.39, 0.29) is 10.9 Å². The average Bonchev–Trinajstić information content (AvgIpc) is 2.68. The van der Waals surface area contributed by atoms with Crippen molar-refractivity contribution >= 4 is 29.2 Å². The summed E-state index contributed by atoms with van der Waals surface area (Å²) in [5, 5.41) is 1.83. The zero-order valence-electron chi connectivity index (χ0n) is 15.9. The maximum Gasteiger partial charge on any atom is 0.418 e. The Balaban J connectivity index is 2.10. The van der Waals surface area contributed by atoms with Crippen LogP contribution in [0, 0.1) is 5.92 Å². The maximum absolute atomic E-state index is 13.1. The van der Waals surface area contributed by atoms with Crippen LogP contribution in [0.15, 0.2) is 48.5 Å². The summed E-state index contributed by atoms with van der Waals surface area (Å²) in [7, 11) is 0. The van der Waals surface area contributed by atoms with Gasteiger partial charge in [0.2, 0.25) is 0 Å². The minimum atomic E-state index is -4.70. The molecule has 8 heteroatoms. The number of amides is 1. The van der Waals surface area contributed by atoms with Crippen molar-refractivity contribution in [2.24, 2.45) is 5.92 Å². The zero-order valence-corrected chi connectivity index (χ0v) is 16.7. The van der Waals surface area contributed by atoms with E-state index in [4.69, 9.17) is 16.3 Å². The molecule has 0 saturated carbocycles. The third kappa shape index (κ3) is 5.97. The molecular formula is C21H21ClF3NO3. The largest absolute Gasteiger partial charge is 0.455 e. The quantitative estimate of drug-likeness (QED) is 0.579. The van der Waals surface area contributed by atoms with Crippen molar-refractivity contribution in [1.29, 1.82) is 0 Å².